The van der Waals surface area contributed by atoms with E-state index in [9.17, 15) is 4.79 Å². The van der Waals surface area contributed by atoms with E-state index in [4.69, 9.17) is 0 Å². The van der Waals surface area contributed by atoms with Crippen molar-refractivity contribution in [3.05, 3.63) is 58.7 Å². The number of carbonyl (C=O) groups is 1. The maximum absolute atomic E-state index is 11.2. The number of H-pyrrole nitrogens is 1. The second kappa shape index (κ2) is 8.29. The van der Waals surface area contributed by atoms with E-state index < -0.39 is 0 Å². The summed E-state index contributed by atoms with van der Waals surface area (Å²) in [6.45, 7) is 6.71. The predicted octanol–water partition coefficient (Wildman–Crippen LogP) is 4.78. The molecule has 146 valence electrons. The van der Waals surface area contributed by atoms with Crippen molar-refractivity contribution < 1.29 is 4.79 Å². The number of thiophene rings is 1. The Morgan fingerprint density at radius 1 is 1.29 bits per heavy atom. The number of likely N-dealkylation sites (tertiary alicyclic amines) is 1. The third kappa shape index (κ3) is 4.34. The SMILES string of the molecule is CC(=O)Nc1ccc(CN2CCC[C@@H](c3[nH]ncc3-c3ccc(C)cc3)C2)s1. The van der Waals surface area contributed by atoms with Crippen LogP contribution >= 0.6 is 11.3 Å². The number of amides is 1. The zero-order chi connectivity index (χ0) is 19.5. The minimum atomic E-state index is -0.0192. The number of hydrogen-bond acceptors (Lipinski definition) is 4. The van der Waals surface area contributed by atoms with E-state index in [1.165, 1.54) is 40.1 Å². The number of nitrogens with zero attached hydrogens (tertiary/aromatic N) is 2. The van der Waals surface area contributed by atoms with Crippen molar-refractivity contribution in [1.29, 1.82) is 0 Å². The van der Waals surface area contributed by atoms with Gasteiger partial charge >= 0.3 is 0 Å². The highest BCUT2D eigenvalue weighted by molar-refractivity contribution is 7.16. The molecule has 2 N–H and O–H groups in total. The predicted molar refractivity (Wildman–Crippen MR) is 115 cm³/mol. The number of rotatable bonds is 5. The molecule has 1 saturated heterocycles. The molecule has 0 saturated carbocycles. The molecule has 1 fully saturated rings. The highest BCUT2D eigenvalue weighted by atomic mass is 32.1. The van der Waals surface area contributed by atoms with E-state index in [-0.39, 0.29) is 5.91 Å². The average molecular weight is 395 g/mol. The third-order valence-electron chi connectivity index (χ3n) is 5.29. The van der Waals surface area contributed by atoms with Gasteiger partial charge in [-0.25, -0.2) is 0 Å². The quantitative estimate of drug-likeness (QED) is 0.654. The maximum Gasteiger partial charge on any atom is 0.221 e. The Balaban J connectivity index is 1.46. The molecule has 1 aromatic carbocycles. The molecule has 3 aromatic rings. The minimum Gasteiger partial charge on any atom is -0.318 e. The third-order valence-corrected chi connectivity index (χ3v) is 6.27. The van der Waals surface area contributed by atoms with Gasteiger partial charge in [-0.2, -0.15) is 5.10 Å². The zero-order valence-corrected chi connectivity index (χ0v) is 17.2. The van der Waals surface area contributed by atoms with Crippen LogP contribution in [0.15, 0.2) is 42.6 Å². The number of carbonyl (C=O) groups excluding carboxylic acids is 1. The summed E-state index contributed by atoms with van der Waals surface area (Å²) in [6, 6.07) is 12.8. The van der Waals surface area contributed by atoms with E-state index in [1.54, 1.807) is 18.3 Å². The van der Waals surface area contributed by atoms with Crippen molar-refractivity contribution in [2.75, 3.05) is 18.4 Å². The summed E-state index contributed by atoms with van der Waals surface area (Å²) in [5.41, 5.74) is 4.96. The Morgan fingerprint density at radius 2 is 2.11 bits per heavy atom. The number of anilines is 1. The Morgan fingerprint density at radius 3 is 2.89 bits per heavy atom. The Hall–Kier alpha value is -2.44. The number of hydrogen-bond donors (Lipinski definition) is 2. The molecule has 0 aliphatic carbocycles. The Kier molecular flexibility index (Phi) is 5.59. The fraction of sp³-hybridized carbons (Fsp3) is 0.364. The van der Waals surface area contributed by atoms with Gasteiger partial charge in [0, 0.05) is 42.1 Å². The summed E-state index contributed by atoms with van der Waals surface area (Å²) in [5.74, 6) is 0.441. The lowest BCUT2D eigenvalue weighted by molar-refractivity contribution is -0.114. The smallest absolute Gasteiger partial charge is 0.221 e. The molecule has 1 aliphatic rings. The number of aromatic amines is 1. The molecule has 1 aliphatic heterocycles. The largest absolute Gasteiger partial charge is 0.318 e. The highest BCUT2D eigenvalue weighted by Gasteiger charge is 2.25. The standard InChI is InChI=1S/C22H26N4OS/c1-15-5-7-17(8-6-15)20-12-23-25-22(20)18-4-3-11-26(13-18)14-19-9-10-21(28-19)24-16(2)27/h5-10,12,18H,3-4,11,13-14H2,1-2H3,(H,23,25)(H,24,27)/t18-/m1/s1. The summed E-state index contributed by atoms with van der Waals surface area (Å²) in [7, 11) is 0. The van der Waals surface area contributed by atoms with Gasteiger partial charge in [0.25, 0.3) is 0 Å². The van der Waals surface area contributed by atoms with Crippen molar-refractivity contribution in [2.45, 2.75) is 39.2 Å². The molecule has 1 atom stereocenters. The molecule has 0 spiro atoms. The first-order valence-electron chi connectivity index (χ1n) is 9.77. The first-order chi connectivity index (χ1) is 13.6. The van der Waals surface area contributed by atoms with Gasteiger partial charge < -0.3 is 5.32 Å². The first-order valence-corrected chi connectivity index (χ1v) is 10.6. The van der Waals surface area contributed by atoms with E-state index >= 15 is 0 Å². The summed E-state index contributed by atoms with van der Waals surface area (Å²) in [4.78, 5) is 15.0. The van der Waals surface area contributed by atoms with E-state index in [2.05, 4.69) is 57.7 Å². The lowest BCUT2D eigenvalue weighted by atomic mass is 9.90. The number of benzene rings is 1. The average Bonchev–Trinajstić information content (AvgIpc) is 3.32. The van der Waals surface area contributed by atoms with Gasteiger partial charge in [-0.15, -0.1) is 11.3 Å². The fourth-order valence-corrected chi connectivity index (χ4v) is 4.93. The summed E-state index contributed by atoms with van der Waals surface area (Å²) < 4.78 is 0. The van der Waals surface area contributed by atoms with Gasteiger partial charge in [0.2, 0.25) is 5.91 Å². The highest BCUT2D eigenvalue weighted by Crippen LogP contribution is 2.34. The van der Waals surface area contributed by atoms with E-state index in [1.807, 2.05) is 12.3 Å². The molecular formula is C22H26N4OS. The summed E-state index contributed by atoms with van der Waals surface area (Å²) in [5, 5.41) is 11.4. The van der Waals surface area contributed by atoms with Crippen LogP contribution in [0.5, 0.6) is 0 Å². The number of aromatic nitrogens is 2. The Labute approximate surface area is 169 Å². The molecule has 2 aromatic heterocycles. The molecule has 3 heterocycles. The lowest BCUT2D eigenvalue weighted by Crippen LogP contribution is -2.34. The maximum atomic E-state index is 11.2. The van der Waals surface area contributed by atoms with E-state index in [0.717, 1.165) is 24.6 Å². The van der Waals surface area contributed by atoms with Crippen LogP contribution in [-0.2, 0) is 11.3 Å². The van der Waals surface area contributed by atoms with Crippen molar-refractivity contribution in [2.24, 2.45) is 0 Å². The molecule has 1 amide bonds. The fourth-order valence-electron chi connectivity index (χ4n) is 3.93. The van der Waals surface area contributed by atoms with Crippen LogP contribution in [0.3, 0.4) is 0 Å². The van der Waals surface area contributed by atoms with Crippen LogP contribution in [0, 0.1) is 6.92 Å². The minimum absolute atomic E-state index is 0.0192. The van der Waals surface area contributed by atoms with Crippen LogP contribution in [-0.4, -0.2) is 34.1 Å². The molecular weight excluding hydrogens is 368 g/mol. The number of aryl methyl sites for hydroxylation is 1. The van der Waals surface area contributed by atoms with Crippen LogP contribution in [0.1, 0.15) is 41.8 Å². The van der Waals surface area contributed by atoms with Crippen molar-refractivity contribution in [1.82, 2.24) is 15.1 Å². The van der Waals surface area contributed by atoms with Crippen molar-refractivity contribution in [3.8, 4) is 11.1 Å². The van der Waals surface area contributed by atoms with Crippen molar-refractivity contribution >= 4 is 22.2 Å². The van der Waals surface area contributed by atoms with Crippen LogP contribution in [0.4, 0.5) is 5.00 Å². The summed E-state index contributed by atoms with van der Waals surface area (Å²) >= 11 is 1.66. The zero-order valence-electron chi connectivity index (χ0n) is 16.4. The van der Waals surface area contributed by atoms with Gasteiger partial charge in [0.1, 0.15) is 0 Å². The molecule has 0 radical (unpaired) electrons. The normalized spacial score (nSPS) is 17.6. The van der Waals surface area contributed by atoms with Gasteiger partial charge in [-0.05, 0) is 44.0 Å². The Bertz CT molecular complexity index is 944. The molecule has 28 heavy (non-hydrogen) atoms. The molecule has 0 bridgehead atoms. The van der Waals surface area contributed by atoms with Gasteiger partial charge in [0.15, 0.2) is 0 Å². The van der Waals surface area contributed by atoms with Gasteiger partial charge in [-0.1, -0.05) is 29.8 Å². The van der Waals surface area contributed by atoms with Crippen LogP contribution in [0.2, 0.25) is 0 Å². The molecule has 4 rings (SSSR count). The molecule has 6 heteroatoms. The molecule has 0 unspecified atom stereocenters. The van der Waals surface area contributed by atoms with E-state index in [0.29, 0.717) is 5.92 Å². The number of nitrogens with one attached hydrogen (secondary N) is 2. The van der Waals surface area contributed by atoms with Gasteiger partial charge in [-0.3, -0.25) is 14.8 Å². The van der Waals surface area contributed by atoms with Crippen LogP contribution in [0.25, 0.3) is 11.1 Å². The molecule has 5 nitrogen and oxygen atoms in total. The van der Waals surface area contributed by atoms with Crippen molar-refractivity contribution in [3.63, 3.8) is 0 Å². The lowest BCUT2D eigenvalue weighted by Gasteiger charge is -2.32. The first kappa shape index (κ1) is 18.9. The second-order valence-corrected chi connectivity index (χ2v) is 8.75. The number of piperidine rings is 1. The van der Waals surface area contributed by atoms with Gasteiger partial charge in [0.05, 0.1) is 11.2 Å². The monoisotopic (exact) mass is 394 g/mol. The summed E-state index contributed by atoms with van der Waals surface area (Å²) in [6.07, 6.45) is 4.32. The topological polar surface area (TPSA) is 61.0 Å². The van der Waals surface area contributed by atoms with Crippen LogP contribution < -0.4 is 5.32 Å². The second-order valence-electron chi connectivity index (χ2n) is 7.58.